The normalized spacial score (nSPS) is 16.7. The van der Waals surface area contributed by atoms with Gasteiger partial charge in [-0.2, -0.15) is 0 Å². The monoisotopic (exact) mass is 507 g/mol. The molecule has 0 amide bonds. The van der Waals surface area contributed by atoms with Gasteiger partial charge < -0.3 is 4.48 Å². The van der Waals surface area contributed by atoms with E-state index in [1.807, 2.05) is 0 Å². The second-order valence-corrected chi connectivity index (χ2v) is 11.4. The molecule has 7 aromatic rings. The van der Waals surface area contributed by atoms with Crippen molar-refractivity contribution in [1.29, 1.82) is 0 Å². The van der Waals surface area contributed by atoms with Crippen LogP contribution in [-0.2, 0) is 5.41 Å². The van der Waals surface area contributed by atoms with Crippen LogP contribution in [0.15, 0.2) is 140 Å². The molecular weight excluding hydrogens is 481 g/mol. The van der Waals surface area contributed by atoms with E-state index in [4.69, 9.17) is 0 Å². The second-order valence-electron chi connectivity index (χ2n) is 11.4. The van der Waals surface area contributed by atoms with Gasteiger partial charge in [0.05, 0.1) is 0 Å². The van der Waals surface area contributed by atoms with E-state index in [9.17, 15) is 0 Å². The molecule has 6 aromatic carbocycles. The van der Waals surface area contributed by atoms with Crippen LogP contribution in [0.1, 0.15) is 23.6 Å². The number of fused-ring (bicyclic) bond motifs is 8. The number of hydrogen-bond acceptors (Lipinski definition) is 0. The quantitative estimate of drug-likeness (QED) is 0.211. The fourth-order valence-corrected chi connectivity index (χ4v) is 7.96. The fourth-order valence-electron chi connectivity index (χ4n) is 7.96. The summed E-state index contributed by atoms with van der Waals surface area (Å²) in [6.07, 6.45) is 0. The third-order valence-corrected chi connectivity index (χ3v) is 9.51. The minimum atomic E-state index is -0.184. The van der Waals surface area contributed by atoms with Gasteiger partial charge in [-0.25, -0.2) is 0 Å². The van der Waals surface area contributed by atoms with Crippen molar-refractivity contribution in [2.24, 2.45) is 0 Å². The minimum absolute atomic E-state index is 0.0563. The summed E-state index contributed by atoms with van der Waals surface area (Å²) in [4.78, 5) is 0. The minimum Gasteiger partial charge on any atom is -0.375 e. The first-order valence-electron chi connectivity index (χ1n) is 14.2. The standard InChI is InChI=1S/C38H26BN/c1-38-31-20-7-5-15-27(31)29-18-12-23-34(36(29)38)39(33-22-9-8-21-32(33)38)40-35-24-10-6-16-28(35)30-19-11-17-26(37(30)40)25-13-3-2-4-14-25/h2-24H,1H3. The molecule has 1 atom stereocenters. The molecule has 1 aliphatic heterocycles. The van der Waals surface area contributed by atoms with Crippen LogP contribution in [0.2, 0.25) is 0 Å². The summed E-state index contributed by atoms with van der Waals surface area (Å²) in [5.41, 5.74) is 14.7. The summed E-state index contributed by atoms with van der Waals surface area (Å²) < 4.78 is 2.64. The van der Waals surface area contributed by atoms with E-state index in [1.54, 1.807) is 0 Å². The van der Waals surface area contributed by atoms with Gasteiger partial charge in [0.2, 0.25) is 0 Å². The maximum absolute atomic E-state index is 2.64. The van der Waals surface area contributed by atoms with Crippen molar-refractivity contribution in [2.75, 3.05) is 0 Å². The topological polar surface area (TPSA) is 4.93 Å². The first kappa shape index (κ1) is 22.0. The predicted molar refractivity (Wildman–Crippen MR) is 169 cm³/mol. The smallest absolute Gasteiger partial charge is 0.328 e. The Bertz CT molecular complexity index is 2140. The third-order valence-electron chi connectivity index (χ3n) is 9.51. The molecule has 0 bridgehead atoms. The van der Waals surface area contributed by atoms with E-state index >= 15 is 0 Å². The molecule has 2 aliphatic rings. The zero-order valence-electron chi connectivity index (χ0n) is 22.3. The Morgan fingerprint density at radius 1 is 0.500 bits per heavy atom. The molecule has 2 heteroatoms. The molecule has 1 unspecified atom stereocenters. The Morgan fingerprint density at radius 3 is 2.02 bits per heavy atom. The Labute approximate surface area is 234 Å². The number of rotatable bonds is 2. The highest BCUT2D eigenvalue weighted by atomic mass is 14.9. The lowest BCUT2D eigenvalue weighted by Gasteiger charge is -2.39. The van der Waals surface area contributed by atoms with Gasteiger partial charge in [0.15, 0.2) is 0 Å². The van der Waals surface area contributed by atoms with Gasteiger partial charge in [0, 0.05) is 32.8 Å². The van der Waals surface area contributed by atoms with E-state index in [0.29, 0.717) is 0 Å². The van der Waals surface area contributed by atoms with E-state index in [-0.39, 0.29) is 12.3 Å². The predicted octanol–water partition coefficient (Wildman–Crippen LogP) is 7.76. The van der Waals surface area contributed by atoms with E-state index in [1.165, 1.54) is 71.7 Å². The number of nitrogens with zero attached hydrogens (tertiary/aromatic N) is 1. The maximum atomic E-state index is 2.64. The van der Waals surface area contributed by atoms with Crippen LogP contribution in [0.4, 0.5) is 0 Å². The number of hydrogen-bond donors (Lipinski definition) is 0. The van der Waals surface area contributed by atoms with Gasteiger partial charge in [-0.3, -0.25) is 0 Å². The van der Waals surface area contributed by atoms with Crippen molar-refractivity contribution in [2.45, 2.75) is 12.3 Å². The Hall–Kier alpha value is -4.82. The lowest BCUT2D eigenvalue weighted by Crippen LogP contribution is -2.58. The third kappa shape index (κ3) is 2.64. The van der Waals surface area contributed by atoms with Gasteiger partial charge in [0.1, 0.15) is 0 Å². The van der Waals surface area contributed by atoms with Crippen LogP contribution in [0, 0.1) is 0 Å². The molecule has 2 heterocycles. The second kappa shape index (κ2) is 7.86. The van der Waals surface area contributed by atoms with E-state index in [0.717, 1.165) is 0 Å². The molecule has 0 N–H and O–H groups in total. The molecule has 0 fully saturated rings. The highest BCUT2D eigenvalue weighted by Gasteiger charge is 2.50. The SMILES string of the molecule is CC12c3ccccc3B(n3c4ccccc4c4cccc(-c5ccccc5)c43)c3cccc(c31)-c1ccccc12. The number of benzene rings is 6. The first-order chi connectivity index (χ1) is 19.8. The summed E-state index contributed by atoms with van der Waals surface area (Å²) >= 11 is 0. The maximum Gasteiger partial charge on any atom is 0.328 e. The Balaban J connectivity index is 1.47. The van der Waals surface area contributed by atoms with E-state index < -0.39 is 0 Å². The van der Waals surface area contributed by atoms with Crippen LogP contribution in [0.3, 0.4) is 0 Å². The lowest BCUT2D eigenvalue weighted by molar-refractivity contribution is 0.718. The van der Waals surface area contributed by atoms with Crippen molar-refractivity contribution in [3.8, 4) is 22.3 Å². The van der Waals surface area contributed by atoms with E-state index in [2.05, 4.69) is 151 Å². The Kier molecular flexibility index (Phi) is 4.34. The van der Waals surface area contributed by atoms with Crippen LogP contribution in [-0.4, -0.2) is 11.3 Å². The zero-order valence-corrected chi connectivity index (χ0v) is 22.3. The summed E-state index contributed by atoms with van der Waals surface area (Å²) in [7, 11) is 0. The lowest BCUT2D eigenvalue weighted by atomic mass is 9.41. The van der Waals surface area contributed by atoms with Crippen molar-refractivity contribution >= 4 is 39.6 Å². The van der Waals surface area contributed by atoms with Crippen molar-refractivity contribution in [3.63, 3.8) is 0 Å². The van der Waals surface area contributed by atoms with Crippen molar-refractivity contribution in [1.82, 2.24) is 4.48 Å². The molecule has 1 nitrogen and oxygen atoms in total. The first-order valence-corrected chi connectivity index (χ1v) is 14.2. The Morgan fingerprint density at radius 2 is 1.12 bits per heavy atom. The van der Waals surface area contributed by atoms with Gasteiger partial charge >= 0.3 is 6.85 Å². The summed E-state index contributed by atoms with van der Waals surface area (Å²) in [6.45, 7) is 2.50. The average Bonchev–Trinajstić information content (AvgIpc) is 3.49. The summed E-state index contributed by atoms with van der Waals surface area (Å²) in [5.74, 6) is 0. The zero-order chi connectivity index (χ0) is 26.4. The van der Waals surface area contributed by atoms with Crippen molar-refractivity contribution < 1.29 is 0 Å². The number of aromatic nitrogens is 1. The molecule has 0 radical (unpaired) electrons. The average molecular weight is 507 g/mol. The summed E-state index contributed by atoms with van der Waals surface area (Å²) in [5, 5.41) is 2.61. The van der Waals surface area contributed by atoms with Gasteiger partial charge in [-0.05, 0) is 57.3 Å². The molecule has 0 saturated carbocycles. The van der Waals surface area contributed by atoms with Crippen LogP contribution >= 0.6 is 0 Å². The molecule has 186 valence electrons. The fraction of sp³-hybridized carbons (Fsp3) is 0.0526. The molecule has 1 aliphatic carbocycles. The van der Waals surface area contributed by atoms with Crippen LogP contribution in [0.25, 0.3) is 44.1 Å². The molecular formula is C38H26BN. The van der Waals surface area contributed by atoms with Gasteiger partial charge in [-0.15, -0.1) is 0 Å². The van der Waals surface area contributed by atoms with Crippen LogP contribution in [0.5, 0.6) is 0 Å². The molecule has 0 saturated heterocycles. The van der Waals surface area contributed by atoms with Gasteiger partial charge in [0.25, 0.3) is 0 Å². The molecule has 0 spiro atoms. The largest absolute Gasteiger partial charge is 0.375 e. The van der Waals surface area contributed by atoms with Gasteiger partial charge in [-0.1, -0.05) is 133 Å². The summed E-state index contributed by atoms with van der Waals surface area (Å²) in [6, 6.07) is 51.8. The number of para-hydroxylation sites is 2. The van der Waals surface area contributed by atoms with Crippen LogP contribution < -0.4 is 10.9 Å². The van der Waals surface area contributed by atoms with Crippen molar-refractivity contribution in [3.05, 3.63) is 156 Å². The molecule has 9 rings (SSSR count). The highest BCUT2D eigenvalue weighted by Crippen LogP contribution is 2.53. The molecule has 1 aromatic heterocycles. The highest BCUT2D eigenvalue weighted by molar-refractivity contribution is 6.86. The molecule has 40 heavy (non-hydrogen) atoms.